The monoisotopic (exact) mass is 263 g/mol. The van der Waals surface area contributed by atoms with Crippen LogP contribution in [0.15, 0.2) is 36.4 Å². The van der Waals surface area contributed by atoms with Crippen molar-refractivity contribution in [3.63, 3.8) is 0 Å². The van der Waals surface area contributed by atoms with Crippen molar-refractivity contribution in [3.05, 3.63) is 69.8 Å². The van der Waals surface area contributed by atoms with Gasteiger partial charge in [-0.2, -0.15) is 5.26 Å². The molecule has 0 saturated heterocycles. The fourth-order valence-electron chi connectivity index (χ4n) is 2.87. The van der Waals surface area contributed by atoms with Gasteiger partial charge in [-0.15, -0.1) is 0 Å². The minimum absolute atomic E-state index is 0.0743. The molecule has 102 valence electrons. The fraction of sp³-hybridized carbons (Fsp3) is 0.316. The molecule has 2 rings (SSSR count). The Labute approximate surface area is 121 Å². The molecule has 0 radical (unpaired) electrons. The molecule has 0 N–H and O–H groups in total. The number of rotatable bonds is 3. The summed E-state index contributed by atoms with van der Waals surface area (Å²) in [7, 11) is 0. The molecule has 0 fully saturated rings. The number of benzene rings is 2. The molecule has 0 bridgehead atoms. The van der Waals surface area contributed by atoms with Gasteiger partial charge >= 0.3 is 0 Å². The van der Waals surface area contributed by atoms with E-state index in [1.165, 1.54) is 27.8 Å². The molecule has 0 saturated carbocycles. The normalized spacial score (nSPS) is 11.9. The Kier molecular flexibility index (Phi) is 4.25. The zero-order valence-electron chi connectivity index (χ0n) is 12.7. The summed E-state index contributed by atoms with van der Waals surface area (Å²) >= 11 is 0. The van der Waals surface area contributed by atoms with Crippen molar-refractivity contribution in [2.24, 2.45) is 0 Å². The number of hydrogen-bond acceptors (Lipinski definition) is 1. The van der Waals surface area contributed by atoms with Crippen LogP contribution in [-0.4, -0.2) is 0 Å². The van der Waals surface area contributed by atoms with Gasteiger partial charge in [0.2, 0.25) is 0 Å². The molecule has 0 amide bonds. The first-order chi connectivity index (χ1) is 9.47. The minimum atomic E-state index is -0.0743. The second-order valence-corrected chi connectivity index (χ2v) is 5.80. The van der Waals surface area contributed by atoms with Gasteiger partial charge in [0.05, 0.1) is 12.0 Å². The van der Waals surface area contributed by atoms with Crippen LogP contribution in [0.2, 0.25) is 0 Å². The summed E-state index contributed by atoms with van der Waals surface area (Å²) in [5.74, 6) is -0.0743. The molecule has 1 atom stereocenters. The van der Waals surface area contributed by atoms with Crippen molar-refractivity contribution in [2.75, 3.05) is 0 Å². The van der Waals surface area contributed by atoms with E-state index in [0.29, 0.717) is 0 Å². The van der Waals surface area contributed by atoms with Gasteiger partial charge in [0.25, 0.3) is 0 Å². The molecule has 1 unspecified atom stereocenters. The molecule has 20 heavy (non-hydrogen) atoms. The van der Waals surface area contributed by atoms with Crippen LogP contribution in [-0.2, 0) is 6.42 Å². The molecule has 1 heteroatoms. The van der Waals surface area contributed by atoms with Crippen LogP contribution in [0.5, 0.6) is 0 Å². The number of nitrogens with zero attached hydrogens (tertiary/aromatic N) is 1. The van der Waals surface area contributed by atoms with Crippen molar-refractivity contribution in [1.29, 1.82) is 5.26 Å². The molecule has 2 aromatic carbocycles. The van der Waals surface area contributed by atoms with E-state index in [1.807, 2.05) is 0 Å². The summed E-state index contributed by atoms with van der Waals surface area (Å²) in [6.07, 6.45) is 0.780. The lowest BCUT2D eigenvalue weighted by Gasteiger charge is -2.13. The Balaban J connectivity index is 2.31. The average Bonchev–Trinajstić information content (AvgIpc) is 2.33. The summed E-state index contributed by atoms with van der Waals surface area (Å²) in [6, 6.07) is 15.4. The third-order valence-corrected chi connectivity index (χ3v) is 3.52. The molecule has 0 aliphatic carbocycles. The Bertz CT molecular complexity index is 621. The third kappa shape index (κ3) is 3.48. The van der Waals surface area contributed by atoms with Crippen molar-refractivity contribution in [3.8, 4) is 6.07 Å². The second kappa shape index (κ2) is 5.92. The van der Waals surface area contributed by atoms with Crippen LogP contribution in [0.1, 0.15) is 39.3 Å². The van der Waals surface area contributed by atoms with Crippen LogP contribution in [0, 0.1) is 39.0 Å². The van der Waals surface area contributed by atoms with Gasteiger partial charge in [-0.05, 0) is 45.2 Å². The quantitative estimate of drug-likeness (QED) is 0.782. The maximum absolute atomic E-state index is 9.51. The van der Waals surface area contributed by atoms with E-state index in [0.717, 1.165) is 12.0 Å². The maximum atomic E-state index is 9.51. The van der Waals surface area contributed by atoms with Crippen LogP contribution < -0.4 is 0 Å². The van der Waals surface area contributed by atoms with Gasteiger partial charge in [-0.3, -0.25) is 0 Å². The lowest BCUT2D eigenvalue weighted by Crippen LogP contribution is -2.02. The van der Waals surface area contributed by atoms with Gasteiger partial charge in [0.15, 0.2) is 0 Å². The molecule has 0 aliphatic heterocycles. The smallest absolute Gasteiger partial charge is 0.0753 e. The number of hydrogen-bond donors (Lipinski definition) is 0. The first-order valence-corrected chi connectivity index (χ1v) is 7.03. The van der Waals surface area contributed by atoms with Gasteiger partial charge < -0.3 is 0 Å². The van der Waals surface area contributed by atoms with E-state index >= 15 is 0 Å². The van der Waals surface area contributed by atoms with E-state index in [2.05, 4.69) is 70.2 Å². The highest BCUT2D eigenvalue weighted by atomic mass is 14.3. The number of aryl methyl sites for hydroxylation is 4. The molecule has 0 spiro atoms. The standard InChI is InChI=1S/C19H21N/c1-13-5-14(2)8-17(7-13)11-19(12-20)18-9-15(3)6-16(4)10-18/h5-10,19H,11H2,1-4H3. The molecule has 0 aliphatic rings. The Hall–Kier alpha value is -2.07. The van der Waals surface area contributed by atoms with E-state index in [-0.39, 0.29) is 5.92 Å². The predicted molar refractivity (Wildman–Crippen MR) is 83.9 cm³/mol. The summed E-state index contributed by atoms with van der Waals surface area (Å²) in [5.41, 5.74) is 7.34. The SMILES string of the molecule is Cc1cc(C)cc(CC(C#N)c2cc(C)cc(C)c2)c1. The molecule has 0 aromatic heterocycles. The highest BCUT2D eigenvalue weighted by molar-refractivity contribution is 5.36. The lowest BCUT2D eigenvalue weighted by atomic mass is 9.90. The van der Waals surface area contributed by atoms with Crippen LogP contribution in [0.3, 0.4) is 0 Å². The Morgan fingerprint density at radius 1 is 0.800 bits per heavy atom. The summed E-state index contributed by atoms with van der Waals surface area (Å²) < 4.78 is 0. The Morgan fingerprint density at radius 3 is 1.70 bits per heavy atom. The van der Waals surface area contributed by atoms with Crippen molar-refractivity contribution in [1.82, 2.24) is 0 Å². The first-order valence-electron chi connectivity index (χ1n) is 7.03. The zero-order valence-corrected chi connectivity index (χ0v) is 12.7. The molecular weight excluding hydrogens is 242 g/mol. The highest BCUT2D eigenvalue weighted by Gasteiger charge is 2.13. The summed E-state index contributed by atoms with van der Waals surface area (Å²) in [4.78, 5) is 0. The minimum Gasteiger partial charge on any atom is -0.198 e. The molecule has 2 aromatic rings. The van der Waals surface area contributed by atoms with Crippen molar-refractivity contribution >= 4 is 0 Å². The van der Waals surface area contributed by atoms with Gasteiger partial charge in [0, 0.05) is 0 Å². The third-order valence-electron chi connectivity index (χ3n) is 3.52. The predicted octanol–water partition coefficient (Wildman–Crippen LogP) is 4.77. The van der Waals surface area contributed by atoms with Gasteiger partial charge in [-0.25, -0.2) is 0 Å². The van der Waals surface area contributed by atoms with Crippen LogP contribution in [0.25, 0.3) is 0 Å². The van der Waals surface area contributed by atoms with Crippen molar-refractivity contribution < 1.29 is 0 Å². The average molecular weight is 263 g/mol. The van der Waals surface area contributed by atoms with Crippen LogP contribution in [0.4, 0.5) is 0 Å². The maximum Gasteiger partial charge on any atom is 0.0753 e. The molecule has 0 heterocycles. The van der Waals surface area contributed by atoms with E-state index in [9.17, 15) is 5.26 Å². The van der Waals surface area contributed by atoms with E-state index in [1.54, 1.807) is 0 Å². The fourth-order valence-corrected chi connectivity index (χ4v) is 2.87. The van der Waals surface area contributed by atoms with E-state index in [4.69, 9.17) is 0 Å². The molecule has 1 nitrogen and oxygen atoms in total. The zero-order chi connectivity index (χ0) is 14.7. The van der Waals surface area contributed by atoms with Crippen LogP contribution >= 0.6 is 0 Å². The topological polar surface area (TPSA) is 23.8 Å². The van der Waals surface area contributed by atoms with Crippen molar-refractivity contribution in [2.45, 2.75) is 40.0 Å². The lowest BCUT2D eigenvalue weighted by molar-refractivity contribution is 0.844. The second-order valence-electron chi connectivity index (χ2n) is 5.80. The largest absolute Gasteiger partial charge is 0.198 e. The molecular formula is C19H21N. The van der Waals surface area contributed by atoms with E-state index < -0.39 is 0 Å². The first kappa shape index (κ1) is 14.3. The highest BCUT2D eigenvalue weighted by Crippen LogP contribution is 2.23. The summed E-state index contributed by atoms with van der Waals surface area (Å²) in [5, 5.41) is 9.51. The Morgan fingerprint density at radius 2 is 1.25 bits per heavy atom. The number of nitriles is 1. The van der Waals surface area contributed by atoms with Gasteiger partial charge in [-0.1, -0.05) is 58.7 Å². The van der Waals surface area contributed by atoms with Gasteiger partial charge in [0.1, 0.15) is 0 Å². The summed E-state index contributed by atoms with van der Waals surface area (Å²) in [6.45, 7) is 8.38.